The van der Waals surface area contributed by atoms with Crippen molar-refractivity contribution in [1.29, 1.82) is 0 Å². The summed E-state index contributed by atoms with van der Waals surface area (Å²) in [5.41, 5.74) is 9.43. The highest BCUT2D eigenvalue weighted by Gasteiger charge is 2.17. The summed E-state index contributed by atoms with van der Waals surface area (Å²) in [6.07, 6.45) is -0.619. The topological polar surface area (TPSA) is 135 Å². The summed E-state index contributed by atoms with van der Waals surface area (Å²) in [4.78, 5) is 48.8. The Labute approximate surface area is 243 Å². The highest BCUT2D eigenvalue weighted by Crippen LogP contribution is 2.22. The molecule has 10 nitrogen and oxygen atoms in total. The number of ether oxygens (including phenoxy) is 2. The van der Waals surface area contributed by atoms with Crippen LogP contribution < -0.4 is 31.2 Å². The summed E-state index contributed by atoms with van der Waals surface area (Å²) in [5, 5.41) is 4.11. The fourth-order valence-corrected chi connectivity index (χ4v) is 4.16. The van der Waals surface area contributed by atoms with Crippen LogP contribution in [0.2, 0.25) is 0 Å². The number of hydrogen-bond acceptors (Lipinski definition) is 6. The molecule has 0 heterocycles. The van der Waals surface area contributed by atoms with Gasteiger partial charge < -0.3 is 9.47 Å². The van der Waals surface area contributed by atoms with Gasteiger partial charge in [0.25, 0.3) is 11.8 Å². The Morgan fingerprint density at radius 2 is 0.929 bits per heavy atom. The van der Waals surface area contributed by atoms with Crippen molar-refractivity contribution in [2.24, 2.45) is 0 Å². The molecule has 0 radical (unpaired) electrons. The summed E-state index contributed by atoms with van der Waals surface area (Å²) >= 11 is 0. The third kappa shape index (κ3) is 8.69. The lowest BCUT2D eigenvalue weighted by molar-refractivity contribution is -0.133. The summed E-state index contributed by atoms with van der Waals surface area (Å²) < 4.78 is 11.4. The van der Waals surface area contributed by atoms with Gasteiger partial charge in [-0.1, -0.05) is 60.7 Å². The number of carbonyl (C=O) groups is 4. The molecule has 0 bridgehead atoms. The summed E-state index contributed by atoms with van der Waals surface area (Å²) in [6, 6.07) is 26.7. The Kier molecular flexibility index (Phi) is 10.3. The van der Waals surface area contributed by atoms with E-state index in [1.165, 1.54) is 0 Å². The van der Waals surface area contributed by atoms with Crippen molar-refractivity contribution in [3.63, 3.8) is 0 Å². The first kappa shape index (κ1) is 29.9. The Bertz CT molecular complexity index is 1460. The lowest BCUT2D eigenvalue weighted by atomic mass is 10.1. The van der Waals surface area contributed by atoms with Gasteiger partial charge in [-0.3, -0.25) is 40.9 Å². The van der Waals surface area contributed by atoms with E-state index in [1.54, 1.807) is 26.0 Å². The zero-order chi connectivity index (χ0) is 29.9. The predicted molar refractivity (Wildman–Crippen MR) is 159 cm³/mol. The molecule has 0 aliphatic heterocycles. The lowest BCUT2D eigenvalue weighted by Crippen LogP contribution is -2.47. The van der Waals surface area contributed by atoms with Gasteiger partial charge in [-0.25, -0.2) is 0 Å². The molecule has 42 heavy (non-hydrogen) atoms. The molecule has 0 aromatic heterocycles. The summed E-state index contributed by atoms with van der Waals surface area (Å²) in [5.74, 6) is -0.687. The van der Waals surface area contributed by atoms with E-state index < -0.39 is 35.8 Å². The van der Waals surface area contributed by atoms with Crippen molar-refractivity contribution in [2.75, 3.05) is 0 Å². The maximum Gasteiger partial charge on any atom is 0.279 e. The first-order valence-electron chi connectivity index (χ1n) is 13.8. The van der Waals surface area contributed by atoms with Crippen LogP contribution in [0.25, 0.3) is 21.5 Å². The minimum atomic E-state index is -0.828. The SMILES string of the molecule is CC(Oc1ccc2ccccc2c1)C(=O)NNC(=O)CCCCC(=O)NNC(=O)C(C)Oc1ccc2ccccc2c1. The standard InChI is InChI=1S/C32H34N4O6/c1-21(41-27-17-15-23-9-3-5-11-25(23)19-27)31(39)35-33-29(37)13-7-8-14-30(38)34-36-32(40)22(2)42-28-18-16-24-10-4-6-12-26(24)20-28/h3-6,9-12,15-22H,7-8,13-14H2,1-2H3,(H,33,37)(H,34,38)(H,35,39)(H,36,40). The van der Waals surface area contributed by atoms with Gasteiger partial charge >= 0.3 is 0 Å². The zero-order valence-corrected chi connectivity index (χ0v) is 23.5. The number of carbonyl (C=O) groups excluding carboxylic acids is 4. The highest BCUT2D eigenvalue weighted by atomic mass is 16.5. The molecule has 2 atom stereocenters. The molecular weight excluding hydrogens is 536 g/mol. The van der Waals surface area contributed by atoms with Crippen LogP contribution in [0.4, 0.5) is 0 Å². The molecule has 0 saturated carbocycles. The van der Waals surface area contributed by atoms with Crippen LogP contribution in [-0.2, 0) is 19.2 Å². The number of amides is 4. The van der Waals surface area contributed by atoms with Crippen LogP contribution in [0.1, 0.15) is 39.5 Å². The fourth-order valence-electron chi connectivity index (χ4n) is 4.16. The van der Waals surface area contributed by atoms with E-state index in [0.29, 0.717) is 24.3 Å². The Morgan fingerprint density at radius 1 is 0.548 bits per heavy atom. The van der Waals surface area contributed by atoms with E-state index in [1.807, 2.05) is 72.8 Å². The smallest absolute Gasteiger partial charge is 0.279 e. The van der Waals surface area contributed by atoms with Gasteiger partial charge in [0.2, 0.25) is 11.8 Å². The van der Waals surface area contributed by atoms with Crippen LogP contribution in [0, 0.1) is 0 Å². The molecule has 4 amide bonds. The average Bonchev–Trinajstić information content (AvgIpc) is 3.00. The third-order valence-corrected chi connectivity index (χ3v) is 6.51. The molecule has 4 aromatic carbocycles. The maximum atomic E-state index is 12.3. The van der Waals surface area contributed by atoms with Crippen LogP contribution in [-0.4, -0.2) is 35.8 Å². The van der Waals surface area contributed by atoms with E-state index in [2.05, 4.69) is 21.7 Å². The van der Waals surface area contributed by atoms with Gasteiger partial charge in [0.05, 0.1) is 0 Å². The minimum Gasteiger partial charge on any atom is -0.481 e. The van der Waals surface area contributed by atoms with E-state index in [9.17, 15) is 19.2 Å². The van der Waals surface area contributed by atoms with Gasteiger partial charge in [-0.15, -0.1) is 0 Å². The molecule has 0 saturated heterocycles. The molecule has 4 N–H and O–H groups in total. The van der Waals surface area contributed by atoms with E-state index in [-0.39, 0.29) is 12.8 Å². The number of nitrogens with one attached hydrogen (secondary N) is 4. The van der Waals surface area contributed by atoms with Gasteiger partial charge in [-0.2, -0.15) is 0 Å². The number of fused-ring (bicyclic) bond motifs is 2. The number of hydrazine groups is 2. The van der Waals surface area contributed by atoms with Gasteiger partial charge in [-0.05, 0) is 72.5 Å². The Hall–Kier alpha value is -5.12. The van der Waals surface area contributed by atoms with Crippen molar-refractivity contribution in [1.82, 2.24) is 21.7 Å². The second-order valence-corrected chi connectivity index (χ2v) is 9.82. The second kappa shape index (κ2) is 14.5. The number of benzene rings is 4. The first-order chi connectivity index (χ1) is 20.3. The molecule has 0 fully saturated rings. The van der Waals surface area contributed by atoms with Crippen molar-refractivity contribution < 1.29 is 28.7 Å². The van der Waals surface area contributed by atoms with Crippen LogP contribution >= 0.6 is 0 Å². The highest BCUT2D eigenvalue weighted by molar-refractivity contribution is 5.87. The third-order valence-electron chi connectivity index (χ3n) is 6.51. The minimum absolute atomic E-state index is 0.108. The molecule has 4 aromatic rings. The van der Waals surface area contributed by atoms with E-state index in [0.717, 1.165) is 21.5 Å². The second-order valence-electron chi connectivity index (χ2n) is 9.82. The zero-order valence-electron chi connectivity index (χ0n) is 23.5. The van der Waals surface area contributed by atoms with E-state index in [4.69, 9.17) is 9.47 Å². The lowest BCUT2D eigenvalue weighted by Gasteiger charge is -2.16. The monoisotopic (exact) mass is 570 g/mol. The fraction of sp³-hybridized carbons (Fsp3) is 0.250. The normalized spacial score (nSPS) is 12.1. The molecule has 10 heteroatoms. The maximum absolute atomic E-state index is 12.3. The van der Waals surface area contributed by atoms with Crippen molar-refractivity contribution in [3.05, 3.63) is 84.9 Å². The van der Waals surface area contributed by atoms with Crippen LogP contribution in [0.5, 0.6) is 11.5 Å². The van der Waals surface area contributed by atoms with Gasteiger partial charge in [0.1, 0.15) is 11.5 Å². The molecule has 0 spiro atoms. The van der Waals surface area contributed by atoms with E-state index >= 15 is 0 Å². The Morgan fingerprint density at radius 3 is 1.33 bits per heavy atom. The van der Waals surface area contributed by atoms with Crippen LogP contribution in [0.3, 0.4) is 0 Å². The molecule has 218 valence electrons. The van der Waals surface area contributed by atoms with Crippen LogP contribution in [0.15, 0.2) is 84.9 Å². The first-order valence-corrected chi connectivity index (χ1v) is 13.8. The largest absolute Gasteiger partial charge is 0.481 e. The number of rotatable bonds is 11. The van der Waals surface area contributed by atoms with Crippen molar-refractivity contribution >= 4 is 45.2 Å². The van der Waals surface area contributed by atoms with Crippen molar-refractivity contribution in [3.8, 4) is 11.5 Å². The summed E-state index contributed by atoms with van der Waals surface area (Å²) in [6.45, 7) is 3.18. The molecule has 0 aliphatic carbocycles. The molecule has 4 rings (SSSR count). The van der Waals surface area contributed by atoms with Crippen molar-refractivity contribution in [2.45, 2.75) is 51.7 Å². The quantitative estimate of drug-likeness (QED) is 0.159. The average molecular weight is 571 g/mol. The number of hydrogen-bond donors (Lipinski definition) is 4. The Balaban J connectivity index is 1.07. The van der Waals surface area contributed by atoms with Gasteiger partial charge in [0, 0.05) is 12.8 Å². The summed E-state index contributed by atoms with van der Waals surface area (Å²) in [7, 11) is 0. The number of unbranched alkanes of at least 4 members (excludes halogenated alkanes) is 1. The molecular formula is C32H34N4O6. The predicted octanol–water partition coefficient (Wildman–Crippen LogP) is 4.08. The molecule has 0 aliphatic rings. The molecule has 2 unspecified atom stereocenters. The van der Waals surface area contributed by atoms with Gasteiger partial charge in [0.15, 0.2) is 12.2 Å².